The summed E-state index contributed by atoms with van der Waals surface area (Å²) in [5.74, 6) is 0.959. The Balaban J connectivity index is 1.33. The predicted molar refractivity (Wildman–Crippen MR) is 167 cm³/mol. The van der Waals surface area contributed by atoms with Crippen LogP contribution in [0.25, 0.3) is 22.2 Å². The molecule has 5 rings (SSSR count). The summed E-state index contributed by atoms with van der Waals surface area (Å²) in [5, 5.41) is 6.78. The number of hydrogen-bond acceptors (Lipinski definition) is 9. The Labute approximate surface area is 256 Å². The minimum absolute atomic E-state index is 0.0188. The lowest BCUT2D eigenvalue weighted by atomic mass is 10.1. The molecule has 0 bridgehead atoms. The molecule has 12 heteroatoms. The minimum atomic E-state index is -3.31. The lowest BCUT2D eigenvalue weighted by Crippen LogP contribution is -2.24. The molecule has 0 spiro atoms. The van der Waals surface area contributed by atoms with Crippen molar-refractivity contribution in [3.8, 4) is 17.0 Å². The van der Waals surface area contributed by atoms with Gasteiger partial charge in [-0.2, -0.15) is 0 Å². The number of fused-ring (bicyclic) bond motifs is 1. The SMILES string of the molecule is CCS(=O)(=O)C(C)OC(C)c1nc(-c2ccc3ncnc(Nc4ccc(OCc5cccc(F)c5)c(Br)c4)c3c2)cs1. The maximum atomic E-state index is 13.5. The van der Waals surface area contributed by atoms with E-state index in [1.54, 1.807) is 26.8 Å². The number of nitrogens with one attached hydrogen (secondary N) is 1. The zero-order valence-corrected chi connectivity index (χ0v) is 26.3. The number of sulfone groups is 1. The Morgan fingerprint density at radius 3 is 2.67 bits per heavy atom. The molecule has 2 aromatic heterocycles. The van der Waals surface area contributed by atoms with Crippen LogP contribution in [0.15, 0.2) is 76.8 Å². The number of halogens is 2. The van der Waals surface area contributed by atoms with Gasteiger partial charge < -0.3 is 14.8 Å². The highest BCUT2D eigenvalue weighted by Crippen LogP contribution is 2.34. The predicted octanol–water partition coefficient (Wildman–Crippen LogP) is 7.84. The van der Waals surface area contributed by atoms with Crippen molar-refractivity contribution in [3.63, 3.8) is 0 Å². The third-order valence-electron chi connectivity index (χ3n) is 6.58. The number of rotatable bonds is 11. The fraction of sp³-hybridized carbons (Fsp3) is 0.233. The summed E-state index contributed by atoms with van der Waals surface area (Å²) < 4.78 is 50.1. The average molecular weight is 672 g/mol. The van der Waals surface area contributed by atoms with Crippen LogP contribution in [0.1, 0.15) is 37.4 Å². The van der Waals surface area contributed by atoms with Crippen LogP contribution in [0.4, 0.5) is 15.9 Å². The van der Waals surface area contributed by atoms with Crippen LogP contribution >= 0.6 is 27.3 Å². The molecule has 0 saturated carbocycles. The molecule has 0 fully saturated rings. The second-order valence-electron chi connectivity index (χ2n) is 9.51. The van der Waals surface area contributed by atoms with Gasteiger partial charge in [-0.3, -0.25) is 0 Å². The molecule has 218 valence electrons. The topological polar surface area (TPSA) is 103 Å². The zero-order chi connectivity index (χ0) is 29.9. The fourth-order valence-corrected chi connectivity index (χ4v) is 6.33. The Bertz CT molecular complexity index is 1830. The lowest BCUT2D eigenvalue weighted by Gasteiger charge is -2.17. The van der Waals surface area contributed by atoms with Crippen LogP contribution < -0.4 is 10.1 Å². The number of nitrogens with zero attached hydrogens (tertiary/aromatic N) is 3. The number of ether oxygens (including phenoxy) is 2. The molecule has 8 nitrogen and oxygen atoms in total. The summed E-state index contributed by atoms with van der Waals surface area (Å²) in [4.78, 5) is 13.6. The standard InChI is InChI=1S/C30H28BrFN4O4S2/c1-4-42(37,38)19(3)40-18(2)30-36-27(16-41-30)21-8-10-26-24(13-21)29(34-17-33-26)35-23-9-11-28(25(31)14-23)39-15-20-6-5-7-22(32)12-20/h5-14,16-19H,4,15H2,1-3H3,(H,33,34,35). The number of thiazole rings is 1. The van der Waals surface area contributed by atoms with Gasteiger partial charge in [0.15, 0.2) is 15.3 Å². The first-order valence-corrected chi connectivity index (χ1v) is 16.5. The summed E-state index contributed by atoms with van der Waals surface area (Å²) in [5.41, 5.74) is 2.98. The molecule has 42 heavy (non-hydrogen) atoms. The van der Waals surface area contributed by atoms with Gasteiger partial charge in [-0.05, 0) is 77.8 Å². The van der Waals surface area contributed by atoms with Crippen molar-refractivity contribution in [2.75, 3.05) is 11.1 Å². The van der Waals surface area contributed by atoms with E-state index in [9.17, 15) is 12.8 Å². The van der Waals surface area contributed by atoms with Gasteiger partial charge in [0.1, 0.15) is 41.4 Å². The maximum absolute atomic E-state index is 13.5. The molecule has 0 amide bonds. The summed E-state index contributed by atoms with van der Waals surface area (Å²) in [6, 6.07) is 17.7. The first kappa shape index (κ1) is 30.0. The molecule has 2 heterocycles. The highest BCUT2D eigenvalue weighted by molar-refractivity contribution is 9.10. The van der Waals surface area contributed by atoms with Gasteiger partial charge >= 0.3 is 0 Å². The van der Waals surface area contributed by atoms with E-state index >= 15 is 0 Å². The maximum Gasteiger partial charge on any atom is 0.176 e. The van der Waals surface area contributed by atoms with Crippen molar-refractivity contribution in [2.45, 2.75) is 38.9 Å². The van der Waals surface area contributed by atoms with Crippen molar-refractivity contribution in [1.82, 2.24) is 15.0 Å². The Morgan fingerprint density at radius 1 is 1.07 bits per heavy atom. The van der Waals surface area contributed by atoms with Crippen LogP contribution in [0.2, 0.25) is 0 Å². The van der Waals surface area contributed by atoms with E-state index in [-0.39, 0.29) is 18.2 Å². The van der Waals surface area contributed by atoms with E-state index < -0.39 is 21.4 Å². The number of aromatic nitrogens is 3. The second kappa shape index (κ2) is 12.8. The largest absolute Gasteiger partial charge is 0.488 e. The Morgan fingerprint density at radius 2 is 1.90 bits per heavy atom. The summed E-state index contributed by atoms with van der Waals surface area (Å²) >= 11 is 4.98. The van der Waals surface area contributed by atoms with Crippen molar-refractivity contribution in [2.24, 2.45) is 0 Å². The van der Waals surface area contributed by atoms with E-state index in [1.807, 2.05) is 47.8 Å². The van der Waals surface area contributed by atoms with E-state index in [0.717, 1.165) is 37.9 Å². The quantitative estimate of drug-likeness (QED) is 0.152. The molecule has 5 aromatic rings. The minimum Gasteiger partial charge on any atom is -0.488 e. The van der Waals surface area contributed by atoms with E-state index in [1.165, 1.54) is 29.8 Å². The zero-order valence-electron chi connectivity index (χ0n) is 23.0. The fourth-order valence-electron chi connectivity index (χ4n) is 4.21. The van der Waals surface area contributed by atoms with Crippen LogP contribution in [0.3, 0.4) is 0 Å². The molecule has 2 atom stereocenters. The van der Waals surface area contributed by atoms with Crippen LogP contribution in [0.5, 0.6) is 5.75 Å². The van der Waals surface area contributed by atoms with E-state index in [2.05, 4.69) is 31.2 Å². The van der Waals surface area contributed by atoms with Gasteiger partial charge in [0.25, 0.3) is 0 Å². The van der Waals surface area contributed by atoms with Crippen molar-refractivity contribution in [1.29, 1.82) is 0 Å². The van der Waals surface area contributed by atoms with Gasteiger partial charge in [-0.15, -0.1) is 11.3 Å². The molecular weight excluding hydrogens is 643 g/mol. The summed E-state index contributed by atoms with van der Waals surface area (Å²) in [7, 11) is -3.31. The van der Waals surface area contributed by atoms with Crippen LogP contribution in [-0.4, -0.2) is 34.6 Å². The number of hydrogen-bond donors (Lipinski definition) is 1. The summed E-state index contributed by atoms with van der Waals surface area (Å²) in [6.45, 7) is 5.19. The Hall–Kier alpha value is -3.45. The molecular formula is C30H28BrFN4O4S2. The normalized spacial score (nSPS) is 13.2. The number of benzene rings is 3. The molecule has 3 aromatic carbocycles. The highest BCUT2D eigenvalue weighted by atomic mass is 79.9. The van der Waals surface area contributed by atoms with Crippen molar-refractivity contribution < 1.29 is 22.3 Å². The third kappa shape index (κ3) is 6.95. The third-order valence-corrected chi connectivity index (χ3v) is 10.1. The van der Waals surface area contributed by atoms with Gasteiger partial charge in [0, 0.05) is 27.8 Å². The Kier molecular flexibility index (Phi) is 9.16. The molecule has 0 aliphatic rings. The van der Waals surface area contributed by atoms with Crippen LogP contribution in [-0.2, 0) is 21.2 Å². The lowest BCUT2D eigenvalue weighted by molar-refractivity contribution is 0.0503. The monoisotopic (exact) mass is 670 g/mol. The summed E-state index contributed by atoms with van der Waals surface area (Å²) in [6.07, 6.45) is 1.03. The van der Waals surface area contributed by atoms with Gasteiger partial charge in [0.05, 0.1) is 15.7 Å². The van der Waals surface area contributed by atoms with Gasteiger partial charge in [-0.1, -0.05) is 25.1 Å². The molecule has 0 aliphatic heterocycles. The molecule has 0 radical (unpaired) electrons. The number of anilines is 2. The first-order valence-electron chi connectivity index (χ1n) is 13.1. The molecule has 2 unspecified atom stereocenters. The van der Waals surface area contributed by atoms with E-state index in [0.29, 0.717) is 16.6 Å². The van der Waals surface area contributed by atoms with Gasteiger partial charge in [-0.25, -0.2) is 27.8 Å². The van der Waals surface area contributed by atoms with Gasteiger partial charge in [0.2, 0.25) is 0 Å². The van der Waals surface area contributed by atoms with Crippen LogP contribution in [0, 0.1) is 5.82 Å². The molecule has 1 N–H and O–H groups in total. The van der Waals surface area contributed by atoms with E-state index in [4.69, 9.17) is 14.5 Å². The molecule has 0 saturated heterocycles. The van der Waals surface area contributed by atoms with Crippen molar-refractivity contribution in [3.05, 3.63) is 93.2 Å². The smallest absolute Gasteiger partial charge is 0.176 e. The highest BCUT2D eigenvalue weighted by Gasteiger charge is 2.24. The first-order chi connectivity index (χ1) is 20.1. The average Bonchev–Trinajstić information content (AvgIpc) is 3.47. The molecule has 0 aliphatic carbocycles. The van der Waals surface area contributed by atoms with Crippen molar-refractivity contribution >= 4 is 59.5 Å². The second-order valence-corrected chi connectivity index (χ2v) is 13.8.